The van der Waals surface area contributed by atoms with Gasteiger partial charge in [-0.15, -0.1) is 0 Å². The molecule has 0 radical (unpaired) electrons. The maximum absolute atomic E-state index is 12.6. The predicted molar refractivity (Wildman–Crippen MR) is 106 cm³/mol. The van der Waals surface area contributed by atoms with E-state index < -0.39 is 0 Å². The van der Waals surface area contributed by atoms with E-state index in [2.05, 4.69) is 22.4 Å². The van der Waals surface area contributed by atoms with Gasteiger partial charge in [-0.25, -0.2) is 4.98 Å². The quantitative estimate of drug-likeness (QED) is 0.736. The highest BCUT2D eigenvalue weighted by Gasteiger charge is 2.45. The molecule has 1 aliphatic carbocycles. The van der Waals surface area contributed by atoms with E-state index in [1.54, 1.807) is 43.6 Å². The lowest BCUT2D eigenvalue weighted by atomic mass is 9.99. The number of ether oxygens (including phenoxy) is 1. The summed E-state index contributed by atoms with van der Waals surface area (Å²) in [5.41, 5.74) is 3.81. The molecule has 1 aromatic heterocycles. The van der Waals surface area contributed by atoms with Gasteiger partial charge in [-0.1, -0.05) is 24.3 Å². The van der Waals surface area contributed by atoms with Gasteiger partial charge < -0.3 is 10.1 Å². The second kappa shape index (κ2) is 7.16. The van der Waals surface area contributed by atoms with Crippen LogP contribution in [0.5, 0.6) is 5.75 Å². The second-order valence-corrected chi connectivity index (χ2v) is 6.89. The highest BCUT2D eigenvalue weighted by Crippen LogP contribution is 2.46. The number of nitriles is 1. The number of methoxy groups -OCH3 is 1. The minimum atomic E-state index is -0.293. The summed E-state index contributed by atoms with van der Waals surface area (Å²) in [6.45, 7) is 0. The molecule has 2 aromatic carbocycles. The molecular formula is C23H19N3O2. The van der Waals surface area contributed by atoms with E-state index in [1.807, 2.05) is 24.3 Å². The van der Waals surface area contributed by atoms with Crippen LogP contribution in [0.15, 0.2) is 66.9 Å². The van der Waals surface area contributed by atoms with Crippen molar-refractivity contribution in [3.63, 3.8) is 0 Å². The van der Waals surface area contributed by atoms with E-state index in [0.717, 1.165) is 35.3 Å². The third kappa shape index (κ3) is 3.45. The topological polar surface area (TPSA) is 75.0 Å². The van der Waals surface area contributed by atoms with Crippen molar-refractivity contribution in [1.82, 2.24) is 10.3 Å². The van der Waals surface area contributed by atoms with Crippen molar-refractivity contribution in [3.8, 4) is 22.9 Å². The van der Waals surface area contributed by atoms with E-state index in [-0.39, 0.29) is 11.4 Å². The third-order valence-corrected chi connectivity index (χ3v) is 5.10. The van der Waals surface area contributed by atoms with Crippen molar-refractivity contribution in [2.24, 2.45) is 0 Å². The number of carbonyl (C=O) groups excluding carboxylic acids is 1. The van der Waals surface area contributed by atoms with Crippen molar-refractivity contribution >= 4 is 5.91 Å². The minimum Gasteiger partial charge on any atom is -0.497 e. The van der Waals surface area contributed by atoms with Crippen LogP contribution in [0.4, 0.5) is 0 Å². The Morgan fingerprint density at radius 2 is 1.71 bits per heavy atom. The summed E-state index contributed by atoms with van der Waals surface area (Å²) in [5.74, 6) is 0.645. The number of nitrogens with zero attached hydrogens (tertiary/aromatic N) is 2. The van der Waals surface area contributed by atoms with Crippen molar-refractivity contribution in [3.05, 3.63) is 83.7 Å². The monoisotopic (exact) mass is 369 g/mol. The normalized spacial score (nSPS) is 14.0. The van der Waals surface area contributed by atoms with Crippen LogP contribution < -0.4 is 10.1 Å². The van der Waals surface area contributed by atoms with E-state index in [0.29, 0.717) is 11.3 Å². The predicted octanol–water partition coefficient (Wildman–Crippen LogP) is 4.05. The Morgan fingerprint density at radius 1 is 1.04 bits per heavy atom. The van der Waals surface area contributed by atoms with Crippen LogP contribution in [0.2, 0.25) is 0 Å². The molecule has 1 heterocycles. The molecule has 0 unspecified atom stereocenters. The van der Waals surface area contributed by atoms with E-state index in [4.69, 9.17) is 10.00 Å². The van der Waals surface area contributed by atoms with Gasteiger partial charge in [0.2, 0.25) is 0 Å². The number of hydrogen-bond acceptors (Lipinski definition) is 4. The van der Waals surface area contributed by atoms with Crippen LogP contribution >= 0.6 is 0 Å². The lowest BCUT2D eigenvalue weighted by Crippen LogP contribution is -2.34. The lowest BCUT2D eigenvalue weighted by Gasteiger charge is -2.18. The minimum absolute atomic E-state index is 0.0829. The van der Waals surface area contributed by atoms with Crippen LogP contribution in [0.3, 0.4) is 0 Å². The third-order valence-electron chi connectivity index (χ3n) is 5.10. The number of nitrogens with one attached hydrogen (secondary N) is 1. The van der Waals surface area contributed by atoms with Gasteiger partial charge in [0.1, 0.15) is 17.5 Å². The molecule has 5 nitrogen and oxygen atoms in total. The molecule has 3 aromatic rings. The van der Waals surface area contributed by atoms with Crippen molar-refractivity contribution in [2.45, 2.75) is 18.4 Å². The van der Waals surface area contributed by atoms with Gasteiger partial charge >= 0.3 is 0 Å². The molecular weight excluding hydrogens is 350 g/mol. The fraction of sp³-hybridized carbons (Fsp3) is 0.174. The zero-order chi connectivity index (χ0) is 19.6. The Labute approximate surface area is 163 Å². The van der Waals surface area contributed by atoms with Crippen LogP contribution in [0, 0.1) is 11.3 Å². The number of pyridine rings is 1. The molecule has 1 amide bonds. The van der Waals surface area contributed by atoms with Crippen molar-refractivity contribution in [1.29, 1.82) is 5.26 Å². The Morgan fingerprint density at radius 3 is 2.25 bits per heavy atom. The molecule has 1 saturated carbocycles. The van der Waals surface area contributed by atoms with E-state index in [9.17, 15) is 4.79 Å². The van der Waals surface area contributed by atoms with Gasteiger partial charge in [0.15, 0.2) is 0 Å². The fourth-order valence-corrected chi connectivity index (χ4v) is 3.26. The number of amides is 1. The number of rotatable bonds is 5. The highest BCUT2D eigenvalue weighted by atomic mass is 16.5. The molecule has 0 spiro atoms. The molecule has 1 N–H and O–H groups in total. The molecule has 0 aliphatic heterocycles. The van der Waals surface area contributed by atoms with Gasteiger partial charge in [-0.3, -0.25) is 4.79 Å². The molecule has 4 rings (SSSR count). The molecule has 0 atom stereocenters. The van der Waals surface area contributed by atoms with Crippen LogP contribution in [0.1, 0.15) is 34.5 Å². The zero-order valence-corrected chi connectivity index (χ0v) is 15.5. The van der Waals surface area contributed by atoms with Crippen LogP contribution in [0.25, 0.3) is 11.1 Å². The number of aromatic nitrogens is 1. The first kappa shape index (κ1) is 17.7. The van der Waals surface area contributed by atoms with Crippen molar-refractivity contribution in [2.75, 3.05) is 7.11 Å². The van der Waals surface area contributed by atoms with Gasteiger partial charge in [0.25, 0.3) is 5.91 Å². The summed E-state index contributed by atoms with van der Waals surface area (Å²) >= 11 is 0. The van der Waals surface area contributed by atoms with Crippen molar-refractivity contribution < 1.29 is 9.53 Å². The number of hydrogen-bond donors (Lipinski definition) is 1. The Bertz CT molecular complexity index is 1030. The summed E-state index contributed by atoms with van der Waals surface area (Å²) in [5, 5.41) is 12.0. The lowest BCUT2D eigenvalue weighted by molar-refractivity contribution is 0.0931. The number of benzene rings is 2. The first-order valence-corrected chi connectivity index (χ1v) is 9.07. The largest absolute Gasteiger partial charge is 0.497 e. The van der Waals surface area contributed by atoms with Gasteiger partial charge in [-0.2, -0.15) is 5.26 Å². The molecule has 28 heavy (non-hydrogen) atoms. The smallest absolute Gasteiger partial charge is 0.251 e. The van der Waals surface area contributed by atoms with E-state index >= 15 is 0 Å². The maximum atomic E-state index is 12.6. The van der Waals surface area contributed by atoms with Crippen LogP contribution in [-0.2, 0) is 5.54 Å². The Hall–Kier alpha value is -3.65. The average Bonchev–Trinajstić information content (AvgIpc) is 3.54. The highest BCUT2D eigenvalue weighted by molar-refractivity contribution is 5.95. The molecule has 138 valence electrons. The summed E-state index contributed by atoms with van der Waals surface area (Å²) in [7, 11) is 1.60. The summed E-state index contributed by atoms with van der Waals surface area (Å²) in [4.78, 5) is 16.8. The molecule has 0 bridgehead atoms. The summed E-state index contributed by atoms with van der Waals surface area (Å²) in [6, 6.07) is 20.9. The molecule has 5 heteroatoms. The first-order chi connectivity index (χ1) is 13.6. The molecule has 0 saturated heterocycles. The SMILES string of the molecule is COc1ccc(C(=O)NC2(c3ccc(-c4ccc(C#N)nc4)cc3)CC2)cc1. The average molecular weight is 369 g/mol. The summed E-state index contributed by atoms with van der Waals surface area (Å²) in [6.07, 6.45) is 3.55. The second-order valence-electron chi connectivity index (χ2n) is 6.89. The molecule has 1 fully saturated rings. The van der Waals surface area contributed by atoms with E-state index in [1.165, 1.54) is 0 Å². The van der Waals surface area contributed by atoms with Gasteiger partial charge in [0, 0.05) is 17.3 Å². The standard InChI is InChI=1S/C23H19N3O2/c1-28-21-10-5-17(6-11-21)22(27)26-23(12-13-23)19-7-2-16(3-8-19)18-4-9-20(14-24)25-15-18/h2-11,15H,12-13H2,1H3,(H,26,27). The Balaban J connectivity index is 1.50. The summed E-state index contributed by atoms with van der Waals surface area (Å²) < 4.78 is 5.14. The number of carbonyl (C=O) groups is 1. The zero-order valence-electron chi connectivity index (χ0n) is 15.5. The Kier molecular flexibility index (Phi) is 4.54. The maximum Gasteiger partial charge on any atom is 0.251 e. The van der Waals surface area contributed by atoms with Gasteiger partial charge in [-0.05, 0) is 60.4 Å². The first-order valence-electron chi connectivity index (χ1n) is 9.07. The fourth-order valence-electron chi connectivity index (χ4n) is 3.26. The molecule has 1 aliphatic rings. The van der Waals surface area contributed by atoms with Gasteiger partial charge in [0.05, 0.1) is 12.6 Å². The van der Waals surface area contributed by atoms with Crippen LogP contribution in [-0.4, -0.2) is 18.0 Å².